The zero-order chi connectivity index (χ0) is 10.8. The fourth-order valence-electron chi connectivity index (χ4n) is 1.64. The maximum absolute atomic E-state index is 11.5. The number of benzene rings is 1. The van der Waals surface area contributed by atoms with Crippen molar-refractivity contribution in [3.63, 3.8) is 0 Å². The Labute approximate surface area is 86.7 Å². The molecule has 1 heterocycles. The van der Waals surface area contributed by atoms with E-state index in [9.17, 15) is 4.79 Å². The van der Waals surface area contributed by atoms with E-state index in [1.54, 1.807) is 12.4 Å². The first-order chi connectivity index (χ1) is 7.24. The van der Waals surface area contributed by atoms with Gasteiger partial charge in [0.25, 0.3) is 5.91 Å². The van der Waals surface area contributed by atoms with Crippen molar-refractivity contribution in [3.05, 3.63) is 36.0 Å². The van der Waals surface area contributed by atoms with Crippen LogP contribution in [0.4, 0.5) is 0 Å². The second-order valence-electron chi connectivity index (χ2n) is 3.24. The molecule has 0 saturated heterocycles. The van der Waals surface area contributed by atoms with Crippen LogP contribution in [0.3, 0.4) is 0 Å². The highest BCUT2D eigenvalue weighted by Gasteiger charge is 2.12. The monoisotopic (exact) mass is 199 g/mol. The Bertz CT molecular complexity index is 563. The lowest BCUT2D eigenvalue weighted by atomic mass is 10.2. The first-order valence-corrected chi connectivity index (χ1v) is 4.47. The number of carbonyl (C=O) groups excluding carboxylic acids is 1. The van der Waals surface area contributed by atoms with Gasteiger partial charge in [-0.1, -0.05) is 18.2 Å². The summed E-state index contributed by atoms with van der Waals surface area (Å²) in [7, 11) is 1.87. The Balaban J connectivity index is 2.63. The molecule has 1 amide bonds. The summed E-state index contributed by atoms with van der Waals surface area (Å²) in [6.07, 6.45) is 3.35. The summed E-state index contributed by atoms with van der Waals surface area (Å²) >= 11 is 0. The molecule has 4 heteroatoms. The van der Waals surface area contributed by atoms with E-state index in [1.165, 1.54) is 0 Å². The molecule has 2 aromatic rings. The van der Waals surface area contributed by atoms with Crippen LogP contribution < -0.4 is 5.32 Å². The third-order valence-corrected chi connectivity index (χ3v) is 2.31. The second kappa shape index (κ2) is 3.46. The predicted octanol–water partition coefficient (Wildman–Crippen LogP) is 1.39. The first-order valence-electron chi connectivity index (χ1n) is 4.47. The summed E-state index contributed by atoms with van der Waals surface area (Å²) in [6.45, 7) is 0. The molecule has 0 radical (unpaired) electrons. The van der Waals surface area contributed by atoms with E-state index >= 15 is 0 Å². The number of hydrogen-bond acceptors (Lipinski definition) is 2. The van der Waals surface area contributed by atoms with E-state index in [4.69, 9.17) is 5.26 Å². The van der Waals surface area contributed by atoms with Crippen LogP contribution in [0.15, 0.2) is 30.5 Å². The van der Waals surface area contributed by atoms with Crippen molar-refractivity contribution < 1.29 is 4.79 Å². The van der Waals surface area contributed by atoms with Crippen molar-refractivity contribution in [2.24, 2.45) is 7.05 Å². The van der Waals surface area contributed by atoms with Crippen molar-refractivity contribution in [2.45, 2.75) is 0 Å². The summed E-state index contributed by atoms with van der Waals surface area (Å²) in [6, 6.07) is 7.57. The smallest absolute Gasteiger partial charge is 0.266 e. The number of hydrogen-bond donors (Lipinski definition) is 1. The number of nitrogens with one attached hydrogen (secondary N) is 1. The number of rotatable bonds is 1. The van der Waals surface area contributed by atoms with Gasteiger partial charge in [-0.25, -0.2) is 0 Å². The summed E-state index contributed by atoms with van der Waals surface area (Å²) in [5.41, 5.74) is 1.50. The van der Waals surface area contributed by atoms with E-state index in [0.29, 0.717) is 5.56 Å². The number of para-hydroxylation sites is 1. The topological polar surface area (TPSA) is 57.8 Å². The van der Waals surface area contributed by atoms with Crippen molar-refractivity contribution in [1.29, 1.82) is 5.26 Å². The van der Waals surface area contributed by atoms with E-state index in [1.807, 2.05) is 35.9 Å². The Morgan fingerprint density at radius 3 is 2.93 bits per heavy atom. The van der Waals surface area contributed by atoms with Gasteiger partial charge < -0.3 is 4.57 Å². The van der Waals surface area contributed by atoms with Gasteiger partial charge in [-0.05, 0) is 6.07 Å². The highest BCUT2D eigenvalue weighted by Crippen LogP contribution is 2.19. The number of nitriles is 1. The molecule has 0 aliphatic carbocycles. The van der Waals surface area contributed by atoms with Gasteiger partial charge in [-0.3, -0.25) is 10.1 Å². The summed E-state index contributed by atoms with van der Waals surface area (Å²) in [5, 5.41) is 11.4. The molecule has 4 nitrogen and oxygen atoms in total. The van der Waals surface area contributed by atoms with Gasteiger partial charge in [-0.15, -0.1) is 0 Å². The minimum absolute atomic E-state index is 0.366. The second-order valence-corrected chi connectivity index (χ2v) is 3.24. The number of nitrogens with zero attached hydrogens (tertiary/aromatic N) is 2. The number of aryl methyl sites for hydroxylation is 1. The third kappa shape index (κ3) is 1.44. The molecule has 0 atom stereocenters. The van der Waals surface area contributed by atoms with Gasteiger partial charge in [0.1, 0.15) is 0 Å². The molecular formula is C11H9N3O. The summed E-state index contributed by atoms with van der Waals surface area (Å²) in [4.78, 5) is 11.5. The van der Waals surface area contributed by atoms with E-state index in [2.05, 4.69) is 5.32 Å². The van der Waals surface area contributed by atoms with Crippen molar-refractivity contribution in [2.75, 3.05) is 0 Å². The highest BCUT2D eigenvalue weighted by molar-refractivity contribution is 6.07. The van der Waals surface area contributed by atoms with Gasteiger partial charge in [0, 0.05) is 24.1 Å². The van der Waals surface area contributed by atoms with Crippen LogP contribution >= 0.6 is 0 Å². The van der Waals surface area contributed by atoms with Gasteiger partial charge in [-0.2, -0.15) is 5.26 Å². The quantitative estimate of drug-likeness (QED) is 0.557. The average molecular weight is 199 g/mol. The molecule has 0 fully saturated rings. The van der Waals surface area contributed by atoms with Crippen LogP contribution in [0.2, 0.25) is 0 Å². The Hall–Kier alpha value is -2.28. The van der Waals surface area contributed by atoms with Gasteiger partial charge in [0.15, 0.2) is 6.19 Å². The lowest BCUT2D eigenvalue weighted by Crippen LogP contribution is -2.16. The predicted molar refractivity (Wildman–Crippen MR) is 56.0 cm³/mol. The molecule has 0 unspecified atom stereocenters. The standard InChI is InChI=1S/C11H9N3O/c1-14-6-9(11(15)13-7-12)8-4-2-3-5-10(8)14/h2-6H,1H3,(H,13,15). The number of aromatic nitrogens is 1. The normalized spacial score (nSPS) is 9.87. The minimum atomic E-state index is -0.366. The molecule has 2 rings (SSSR count). The number of fused-ring (bicyclic) bond motifs is 1. The molecule has 0 aliphatic heterocycles. The molecule has 15 heavy (non-hydrogen) atoms. The molecule has 0 aliphatic rings. The highest BCUT2D eigenvalue weighted by atomic mass is 16.1. The van der Waals surface area contributed by atoms with Crippen LogP contribution in [-0.4, -0.2) is 10.5 Å². The molecule has 0 bridgehead atoms. The Morgan fingerprint density at radius 2 is 2.20 bits per heavy atom. The third-order valence-electron chi connectivity index (χ3n) is 2.31. The average Bonchev–Trinajstić information content (AvgIpc) is 2.58. The zero-order valence-corrected chi connectivity index (χ0v) is 8.19. The molecule has 1 aromatic carbocycles. The maximum Gasteiger partial charge on any atom is 0.266 e. The van der Waals surface area contributed by atoms with Crippen LogP contribution in [0.5, 0.6) is 0 Å². The van der Waals surface area contributed by atoms with Crippen LogP contribution in [0, 0.1) is 11.5 Å². The lowest BCUT2D eigenvalue weighted by molar-refractivity contribution is 0.0974. The van der Waals surface area contributed by atoms with Crippen molar-refractivity contribution >= 4 is 16.8 Å². The zero-order valence-electron chi connectivity index (χ0n) is 8.19. The van der Waals surface area contributed by atoms with Gasteiger partial charge in [0.2, 0.25) is 0 Å². The lowest BCUT2D eigenvalue weighted by Gasteiger charge is -1.94. The van der Waals surface area contributed by atoms with Crippen LogP contribution in [0.25, 0.3) is 10.9 Å². The molecule has 1 N–H and O–H groups in total. The van der Waals surface area contributed by atoms with Crippen molar-refractivity contribution in [1.82, 2.24) is 9.88 Å². The van der Waals surface area contributed by atoms with Crippen LogP contribution in [-0.2, 0) is 7.05 Å². The Morgan fingerprint density at radius 1 is 1.47 bits per heavy atom. The minimum Gasteiger partial charge on any atom is -0.350 e. The van der Waals surface area contributed by atoms with Crippen LogP contribution in [0.1, 0.15) is 10.4 Å². The summed E-state index contributed by atoms with van der Waals surface area (Å²) in [5.74, 6) is -0.366. The molecular weight excluding hydrogens is 190 g/mol. The largest absolute Gasteiger partial charge is 0.350 e. The fourth-order valence-corrected chi connectivity index (χ4v) is 1.64. The van der Waals surface area contributed by atoms with E-state index in [-0.39, 0.29) is 5.91 Å². The number of carbonyl (C=O) groups is 1. The molecule has 74 valence electrons. The van der Waals surface area contributed by atoms with E-state index in [0.717, 1.165) is 10.9 Å². The molecule has 0 saturated carbocycles. The summed E-state index contributed by atoms with van der Waals surface area (Å²) < 4.78 is 1.86. The number of amides is 1. The van der Waals surface area contributed by atoms with Gasteiger partial charge >= 0.3 is 0 Å². The first kappa shape index (κ1) is 9.28. The van der Waals surface area contributed by atoms with E-state index < -0.39 is 0 Å². The maximum atomic E-state index is 11.5. The Kier molecular flexibility index (Phi) is 2.14. The van der Waals surface area contributed by atoms with Gasteiger partial charge in [0.05, 0.1) is 5.56 Å². The molecule has 0 spiro atoms. The SMILES string of the molecule is Cn1cc(C(=O)NC#N)c2ccccc21. The van der Waals surface area contributed by atoms with Crippen molar-refractivity contribution in [3.8, 4) is 6.19 Å². The fraction of sp³-hybridized carbons (Fsp3) is 0.0909. The molecule has 1 aromatic heterocycles.